The molecule has 0 saturated carbocycles. The molecular formula is C22H18F2N2O2S. The van der Waals surface area contributed by atoms with Gasteiger partial charge in [0.1, 0.15) is 16.3 Å². The van der Waals surface area contributed by atoms with Gasteiger partial charge in [0.15, 0.2) is 0 Å². The van der Waals surface area contributed by atoms with Crippen LogP contribution >= 0.6 is 11.3 Å². The van der Waals surface area contributed by atoms with Crippen molar-refractivity contribution < 1.29 is 8.78 Å². The largest absolute Gasteiger partial charge is 0.336 e. The van der Waals surface area contributed by atoms with Crippen LogP contribution in [0.3, 0.4) is 0 Å². The van der Waals surface area contributed by atoms with E-state index in [1.54, 1.807) is 11.4 Å². The third kappa shape index (κ3) is 3.21. The van der Waals surface area contributed by atoms with E-state index >= 15 is 0 Å². The van der Waals surface area contributed by atoms with Gasteiger partial charge in [-0.25, -0.2) is 18.1 Å². The Hall–Kier alpha value is -3.06. The number of aromatic nitrogens is 2. The van der Waals surface area contributed by atoms with Gasteiger partial charge in [-0.2, -0.15) is 0 Å². The fourth-order valence-electron chi connectivity index (χ4n) is 3.73. The minimum Gasteiger partial charge on any atom is -0.288 e. The first-order valence-electron chi connectivity index (χ1n) is 9.03. The number of aryl methyl sites for hydroxylation is 3. The van der Waals surface area contributed by atoms with Crippen LogP contribution in [-0.2, 0) is 6.54 Å². The van der Waals surface area contributed by atoms with E-state index < -0.39 is 22.9 Å². The van der Waals surface area contributed by atoms with Crippen molar-refractivity contribution in [2.24, 2.45) is 0 Å². The number of halogens is 2. The van der Waals surface area contributed by atoms with Crippen LogP contribution in [0, 0.1) is 32.4 Å². The van der Waals surface area contributed by atoms with Gasteiger partial charge in [-0.3, -0.25) is 9.36 Å². The number of benzene rings is 2. The van der Waals surface area contributed by atoms with Gasteiger partial charge in [0.2, 0.25) is 0 Å². The number of hydrogen-bond donors (Lipinski definition) is 0. The average molecular weight is 412 g/mol. The lowest BCUT2D eigenvalue weighted by molar-refractivity contribution is 0.572. The van der Waals surface area contributed by atoms with E-state index in [0.29, 0.717) is 16.3 Å². The van der Waals surface area contributed by atoms with Gasteiger partial charge in [0, 0.05) is 6.07 Å². The van der Waals surface area contributed by atoms with Crippen molar-refractivity contribution in [2.75, 3.05) is 0 Å². The van der Waals surface area contributed by atoms with Gasteiger partial charge in [-0.1, -0.05) is 17.7 Å². The molecule has 4 nitrogen and oxygen atoms in total. The topological polar surface area (TPSA) is 44.0 Å². The summed E-state index contributed by atoms with van der Waals surface area (Å²) in [6, 6.07) is 8.59. The second-order valence-electron chi connectivity index (χ2n) is 7.12. The molecule has 2 aromatic carbocycles. The molecule has 0 radical (unpaired) electrons. The van der Waals surface area contributed by atoms with Gasteiger partial charge >= 0.3 is 5.69 Å². The lowest BCUT2D eigenvalue weighted by Crippen LogP contribution is -2.39. The quantitative estimate of drug-likeness (QED) is 0.499. The molecule has 2 aromatic heterocycles. The minimum atomic E-state index is -0.964. The molecule has 0 aliphatic carbocycles. The smallest absolute Gasteiger partial charge is 0.288 e. The Morgan fingerprint density at radius 2 is 1.66 bits per heavy atom. The molecule has 0 spiro atoms. The van der Waals surface area contributed by atoms with Crippen molar-refractivity contribution in [3.63, 3.8) is 0 Å². The molecule has 0 bridgehead atoms. The van der Waals surface area contributed by atoms with Crippen LogP contribution in [0.25, 0.3) is 15.9 Å². The van der Waals surface area contributed by atoms with Crippen molar-refractivity contribution in [1.82, 2.24) is 9.13 Å². The van der Waals surface area contributed by atoms with Gasteiger partial charge in [0.05, 0.1) is 17.7 Å². The zero-order valence-electron chi connectivity index (χ0n) is 16.1. The van der Waals surface area contributed by atoms with Crippen molar-refractivity contribution in [2.45, 2.75) is 27.3 Å². The molecule has 0 unspecified atom stereocenters. The highest BCUT2D eigenvalue weighted by Gasteiger charge is 2.19. The number of hydrogen-bond acceptors (Lipinski definition) is 3. The van der Waals surface area contributed by atoms with Crippen LogP contribution in [0.4, 0.5) is 8.78 Å². The van der Waals surface area contributed by atoms with Crippen LogP contribution in [0.15, 0.2) is 51.4 Å². The molecule has 0 aliphatic rings. The first kappa shape index (κ1) is 19.3. The first-order valence-corrected chi connectivity index (χ1v) is 9.91. The van der Waals surface area contributed by atoms with Crippen LogP contribution in [-0.4, -0.2) is 9.13 Å². The maximum absolute atomic E-state index is 14.4. The standard InChI is InChI=1S/C22H18F2N2O2S/c1-12-8-13(2)16(14(3)9-12)11-25-19-6-7-29-20(19)21(27)26(22(25)28)18-5-4-15(23)10-17(18)24/h4-10H,11H2,1-3H3. The molecule has 0 saturated heterocycles. The predicted octanol–water partition coefficient (Wildman–Crippen LogP) is 4.47. The van der Waals surface area contributed by atoms with E-state index in [2.05, 4.69) is 0 Å². The monoisotopic (exact) mass is 412 g/mol. The third-order valence-electron chi connectivity index (χ3n) is 5.06. The van der Waals surface area contributed by atoms with Crippen LogP contribution < -0.4 is 11.2 Å². The Morgan fingerprint density at radius 3 is 2.31 bits per heavy atom. The third-order valence-corrected chi connectivity index (χ3v) is 5.95. The summed E-state index contributed by atoms with van der Waals surface area (Å²) in [5.74, 6) is -1.74. The van der Waals surface area contributed by atoms with Gasteiger partial charge in [0.25, 0.3) is 5.56 Å². The summed E-state index contributed by atoms with van der Waals surface area (Å²) >= 11 is 1.19. The van der Waals surface area contributed by atoms with E-state index in [-0.39, 0.29) is 12.2 Å². The summed E-state index contributed by atoms with van der Waals surface area (Å²) < 4.78 is 30.4. The Bertz CT molecular complexity index is 1360. The summed E-state index contributed by atoms with van der Waals surface area (Å²) in [5.41, 5.74) is 3.12. The normalized spacial score (nSPS) is 11.3. The van der Waals surface area contributed by atoms with Crippen molar-refractivity contribution in [3.8, 4) is 5.69 Å². The van der Waals surface area contributed by atoms with Crippen LogP contribution in [0.2, 0.25) is 0 Å². The van der Waals surface area contributed by atoms with Crippen molar-refractivity contribution >= 4 is 21.6 Å². The Morgan fingerprint density at radius 1 is 0.966 bits per heavy atom. The Balaban J connectivity index is 2.02. The van der Waals surface area contributed by atoms with E-state index in [1.807, 2.05) is 32.9 Å². The van der Waals surface area contributed by atoms with E-state index in [1.165, 1.54) is 15.9 Å². The molecule has 0 N–H and O–H groups in total. The minimum absolute atomic E-state index is 0.243. The zero-order valence-corrected chi connectivity index (χ0v) is 16.9. The highest BCUT2D eigenvalue weighted by molar-refractivity contribution is 7.17. The van der Waals surface area contributed by atoms with Crippen molar-refractivity contribution in [3.05, 3.63) is 96.5 Å². The number of rotatable bonds is 3. The number of nitrogens with zero attached hydrogens (tertiary/aromatic N) is 2. The molecule has 0 fully saturated rings. The molecular weight excluding hydrogens is 394 g/mol. The maximum Gasteiger partial charge on any atom is 0.336 e. The Kier molecular flexibility index (Phi) is 4.70. The summed E-state index contributed by atoms with van der Waals surface area (Å²) in [6.45, 7) is 6.19. The highest BCUT2D eigenvalue weighted by atomic mass is 32.1. The lowest BCUT2D eigenvalue weighted by Gasteiger charge is -2.16. The van der Waals surface area contributed by atoms with Gasteiger partial charge in [-0.05, 0) is 61.0 Å². The molecule has 4 aromatic rings. The summed E-state index contributed by atoms with van der Waals surface area (Å²) in [7, 11) is 0. The second-order valence-corrected chi connectivity index (χ2v) is 8.03. The molecule has 7 heteroatoms. The molecule has 2 heterocycles. The summed E-state index contributed by atoms with van der Waals surface area (Å²) in [4.78, 5) is 26.2. The summed E-state index contributed by atoms with van der Waals surface area (Å²) in [6.07, 6.45) is 0. The van der Waals surface area contributed by atoms with Gasteiger partial charge in [-0.15, -0.1) is 11.3 Å². The molecule has 29 heavy (non-hydrogen) atoms. The molecule has 0 amide bonds. The molecule has 0 atom stereocenters. The molecule has 148 valence electrons. The highest BCUT2D eigenvalue weighted by Crippen LogP contribution is 2.22. The molecule has 4 rings (SSSR count). The van der Waals surface area contributed by atoms with E-state index in [0.717, 1.165) is 39.0 Å². The van der Waals surface area contributed by atoms with Gasteiger partial charge < -0.3 is 0 Å². The molecule has 0 aliphatic heterocycles. The van der Waals surface area contributed by atoms with E-state index in [9.17, 15) is 18.4 Å². The van der Waals surface area contributed by atoms with Crippen LogP contribution in [0.1, 0.15) is 22.3 Å². The maximum atomic E-state index is 14.4. The zero-order chi connectivity index (χ0) is 20.9. The van der Waals surface area contributed by atoms with Crippen LogP contribution in [0.5, 0.6) is 0 Å². The lowest BCUT2D eigenvalue weighted by atomic mass is 10.00. The number of fused-ring (bicyclic) bond motifs is 1. The summed E-state index contributed by atoms with van der Waals surface area (Å²) in [5, 5.41) is 1.72. The van der Waals surface area contributed by atoms with E-state index in [4.69, 9.17) is 0 Å². The Labute approximate surface area is 169 Å². The number of thiophene rings is 1. The van der Waals surface area contributed by atoms with Crippen molar-refractivity contribution in [1.29, 1.82) is 0 Å². The SMILES string of the molecule is Cc1cc(C)c(Cn2c(=O)n(-c3ccc(F)cc3F)c(=O)c3sccc32)c(C)c1. The first-order chi connectivity index (χ1) is 13.8. The second kappa shape index (κ2) is 7.08. The predicted molar refractivity (Wildman–Crippen MR) is 111 cm³/mol. The average Bonchev–Trinajstić information content (AvgIpc) is 3.12. The fraction of sp³-hybridized carbons (Fsp3) is 0.182. The fourth-order valence-corrected chi connectivity index (χ4v) is 4.56.